The summed E-state index contributed by atoms with van der Waals surface area (Å²) >= 11 is 0. The molecule has 1 saturated heterocycles. The molecule has 1 saturated carbocycles. The van der Waals surface area contributed by atoms with E-state index in [1.54, 1.807) is 0 Å². The van der Waals surface area contributed by atoms with E-state index in [4.69, 9.17) is 10.8 Å². The fourth-order valence-corrected chi connectivity index (χ4v) is 7.31. The number of hydrogen-bond donors (Lipinski definition) is 2. The molecule has 2 fully saturated rings. The van der Waals surface area contributed by atoms with Crippen LogP contribution in [-0.2, 0) is 19.5 Å². The van der Waals surface area contributed by atoms with Gasteiger partial charge < -0.3 is 9.47 Å². The fourth-order valence-electron chi connectivity index (χ4n) is 7.31. The number of nitrogens with zero attached hydrogens (tertiary/aromatic N) is 4. The van der Waals surface area contributed by atoms with Gasteiger partial charge in [0.1, 0.15) is 5.82 Å². The third-order valence-electron chi connectivity index (χ3n) is 9.89. The number of carbonyl (C=O) groups is 1. The van der Waals surface area contributed by atoms with E-state index in [9.17, 15) is 4.79 Å². The summed E-state index contributed by atoms with van der Waals surface area (Å²) in [4.78, 5) is 21.6. The first-order valence-electron chi connectivity index (χ1n) is 15.9. The van der Waals surface area contributed by atoms with Crippen LogP contribution in [0.1, 0.15) is 77.1 Å². The van der Waals surface area contributed by atoms with Crippen LogP contribution >= 0.6 is 0 Å². The minimum atomic E-state index is -0.271. The molecular formula is C35H46N6O. The molecule has 0 spiro atoms. The lowest BCUT2D eigenvalue weighted by atomic mass is 9.79. The number of hydrogen-bond acceptors (Lipinski definition) is 5. The van der Waals surface area contributed by atoms with Gasteiger partial charge in [-0.15, -0.1) is 0 Å². The Balaban J connectivity index is 1.03. The normalized spacial score (nSPS) is 23.3. The zero-order valence-electron chi connectivity index (χ0n) is 25.0. The number of fused-ring (bicyclic) bond motifs is 1. The predicted octanol–water partition coefficient (Wildman–Crippen LogP) is 5.52. The van der Waals surface area contributed by atoms with Crippen LogP contribution in [0.15, 0.2) is 65.8 Å². The van der Waals surface area contributed by atoms with Gasteiger partial charge in [0.25, 0.3) is 5.91 Å². The van der Waals surface area contributed by atoms with Crippen LogP contribution in [0.2, 0.25) is 0 Å². The quantitative estimate of drug-likeness (QED) is 0.163. The summed E-state index contributed by atoms with van der Waals surface area (Å²) in [5, 5.41) is 0. The van der Waals surface area contributed by atoms with Crippen molar-refractivity contribution < 1.29 is 4.79 Å². The molecule has 3 unspecified atom stereocenters. The van der Waals surface area contributed by atoms with Crippen LogP contribution < -0.4 is 11.3 Å². The first kappa shape index (κ1) is 28.8. The molecule has 3 atom stereocenters. The second-order valence-electron chi connectivity index (χ2n) is 12.8. The lowest BCUT2D eigenvalue weighted by Crippen LogP contribution is -2.43. The van der Waals surface area contributed by atoms with Crippen molar-refractivity contribution in [2.45, 2.75) is 64.0 Å². The predicted molar refractivity (Wildman–Crippen MR) is 170 cm³/mol. The van der Waals surface area contributed by atoms with Crippen molar-refractivity contribution in [2.24, 2.45) is 22.7 Å². The number of nitrogens with two attached hydrogens (primary N) is 1. The van der Waals surface area contributed by atoms with Crippen LogP contribution in [0, 0.1) is 11.8 Å². The van der Waals surface area contributed by atoms with E-state index in [1.807, 2.05) is 24.3 Å². The first-order valence-corrected chi connectivity index (χ1v) is 15.9. The van der Waals surface area contributed by atoms with E-state index >= 15 is 0 Å². The van der Waals surface area contributed by atoms with E-state index < -0.39 is 0 Å². The molecule has 1 aliphatic carbocycles. The van der Waals surface area contributed by atoms with Gasteiger partial charge in [-0.1, -0.05) is 49.2 Å². The maximum absolute atomic E-state index is 11.8. The summed E-state index contributed by atoms with van der Waals surface area (Å²) < 4.78 is 2.25. The summed E-state index contributed by atoms with van der Waals surface area (Å²) in [7, 11) is 2.22. The van der Waals surface area contributed by atoms with Gasteiger partial charge >= 0.3 is 0 Å². The SMILES string of the molecule is CN1CCN(Cc2ccc(CC3CCCC(C4CC=Nc5c4ccn5Cc4ccc(C(=O)NN)cc4)CC3)cc2)CC1. The van der Waals surface area contributed by atoms with Crippen molar-refractivity contribution in [1.29, 1.82) is 0 Å². The number of nitrogens with one attached hydrogen (secondary N) is 1. The maximum Gasteiger partial charge on any atom is 0.265 e. The highest BCUT2D eigenvalue weighted by Crippen LogP contribution is 2.44. The third-order valence-corrected chi connectivity index (χ3v) is 9.89. The number of likely N-dealkylation sites (N-methyl/N-ethyl adjacent to an activating group) is 1. The molecule has 222 valence electrons. The molecular weight excluding hydrogens is 520 g/mol. The van der Waals surface area contributed by atoms with Gasteiger partial charge in [0.05, 0.1) is 0 Å². The van der Waals surface area contributed by atoms with Crippen LogP contribution in [0.3, 0.4) is 0 Å². The van der Waals surface area contributed by atoms with Crippen molar-refractivity contribution in [2.75, 3.05) is 33.2 Å². The number of rotatable bonds is 8. The summed E-state index contributed by atoms with van der Waals surface area (Å²) in [5.74, 6) is 8.16. The van der Waals surface area contributed by atoms with Gasteiger partial charge in [-0.2, -0.15) is 0 Å². The van der Waals surface area contributed by atoms with Crippen molar-refractivity contribution in [3.8, 4) is 0 Å². The zero-order valence-corrected chi connectivity index (χ0v) is 25.0. The second kappa shape index (κ2) is 13.4. The van der Waals surface area contributed by atoms with E-state index in [1.165, 1.54) is 81.4 Å². The lowest BCUT2D eigenvalue weighted by Gasteiger charge is -2.32. The Morgan fingerprint density at radius 1 is 0.881 bits per heavy atom. The van der Waals surface area contributed by atoms with Crippen molar-refractivity contribution in [1.82, 2.24) is 19.8 Å². The molecule has 6 rings (SSSR count). The number of aromatic nitrogens is 1. The van der Waals surface area contributed by atoms with Crippen molar-refractivity contribution >= 4 is 17.9 Å². The van der Waals surface area contributed by atoms with E-state index in [2.05, 4.69) is 69.6 Å². The Morgan fingerprint density at radius 3 is 2.36 bits per heavy atom. The number of hydrazine groups is 1. The molecule has 1 amide bonds. The van der Waals surface area contributed by atoms with Crippen LogP contribution in [0.25, 0.3) is 0 Å². The van der Waals surface area contributed by atoms with E-state index in [-0.39, 0.29) is 5.91 Å². The molecule has 3 aromatic rings. The number of piperazine rings is 1. The highest BCUT2D eigenvalue weighted by atomic mass is 16.2. The largest absolute Gasteiger partial charge is 0.328 e. The van der Waals surface area contributed by atoms with Crippen LogP contribution in [0.5, 0.6) is 0 Å². The second-order valence-corrected chi connectivity index (χ2v) is 12.8. The summed E-state index contributed by atoms with van der Waals surface area (Å²) in [6.45, 7) is 6.51. The zero-order chi connectivity index (χ0) is 28.9. The molecule has 42 heavy (non-hydrogen) atoms. The van der Waals surface area contributed by atoms with Crippen molar-refractivity contribution in [3.63, 3.8) is 0 Å². The number of benzene rings is 2. The van der Waals surface area contributed by atoms with Crippen molar-refractivity contribution in [3.05, 3.63) is 88.6 Å². The van der Waals surface area contributed by atoms with Crippen LogP contribution in [0.4, 0.5) is 5.82 Å². The van der Waals surface area contributed by atoms with Gasteiger partial charge in [-0.05, 0) is 91.8 Å². The Labute approximate surface area is 250 Å². The van der Waals surface area contributed by atoms with E-state index in [0.717, 1.165) is 42.7 Å². The molecule has 2 aromatic carbocycles. The number of carbonyl (C=O) groups excluding carboxylic acids is 1. The maximum atomic E-state index is 11.8. The molecule has 3 N–H and O–H groups in total. The highest BCUT2D eigenvalue weighted by Gasteiger charge is 2.31. The van der Waals surface area contributed by atoms with E-state index in [0.29, 0.717) is 11.5 Å². The van der Waals surface area contributed by atoms with Gasteiger partial charge in [-0.25, -0.2) is 10.8 Å². The van der Waals surface area contributed by atoms with Gasteiger partial charge in [-0.3, -0.25) is 15.1 Å². The smallest absolute Gasteiger partial charge is 0.265 e. The number of amides is 1. The number of aliphatic imine (C=N–C) groups is 1. The minimum Gasteiger partial charge on any atom is -0.328 e. The first-order chi connectivity index (χ1) is 20.6. The van der Waals surface area contributed by atoms with Gasteiger partial charge in [0.15, 0.2) is 0 Å². The average Bonchev–Trinajstić information content (AvgIpc) is 3.28. The van der Waals surface area contributed by atoms with Gasteiger partial charge in [0.2, 0.25) is 0 Å². The fraction of sp³-hybridized carbons (Fsp3) is 0.486. The molecule has 2 aliphatic heterocycles. The Bertz CT molecular complexity index is 1350. The highest BCUT2D eigenvalue weighted by molar-refractivity contribution is 5.93. The number of nitrogen functional groups attached to an aromatic ring is 1. The monoisotopic (exact) mass is 566 g/mol. The Hall–Kier alpha value is -3.26. The topological polar surface area (TPSA) is 78.9 Å². The van der Waals surface area contributed by atoms with Gasteiger partial charge in [0, 0.05) is 62.8 Å². The Kier molecular flexibility index (Phi) is 9.18. The van der Waals surface area contributed by atoms with Crippen LogP contribution in [-0.4, -0.2) is 59.7 Å². The molecule has 0 radical (unpaired) electrons. The molecule has 3 heterocycles. The molecule has 7 heteroatoms. The lowest BCUT2D eigenvalue weighted by molar-refractivity contribution is 0.0953. The third kappa shape index (κ3) is 6.86. The summed E-state index contributed by atoms with van der Waals surface area (Å²) in [6.07, 6.45) is 13.2. The summed E-state index contributed by atoms with van der Waals surface area (Å²) in [6, 6.07) is 19.5. The average molecular weight is 567 g/mol. The molecule has 3 aliphatic rings. The minimum absolute atomic E-state index is 0.271. The molecule has 1 aromatic heterocycles. The molecule has 0 bridgehead atoms. The Morgan fingerprint density at radius 2 is 1.60 bits per heavy atom. The standard InChI is InChI=1S/C35H46N6O/c1-39-19-21-40(22-20-39)24-28-7-5-27(6-8-28)23-26-3-2-4-30(12-9-26)32-15-17-37-34-33(32)16-18-41(34)25-29-10-13-31(14-11-29)35(42)38-36/h5-8,10-11,13-14,16-18,26,30,32H,2-4,9,12,15,19-25,36H2,1H3,(H,38,42). The molecule has 7 nitrogen and oxygen atoms in total. The summed E-state index contributed by atoms with van der Waals surface area (Å²) in [5.41, 5.74) is 8.26.